The molecule has 0 aromatic heterocycles. The molecule has 0 radical (unpaired) electrons. The number of sulfonamides is 1. The number of nitrogens with one attached hydrogen (secondary N) is 1. The minimum Gasteiger partial charge on any atom is -0.497 e. The molecule has 3 aromatic carbocycles. The number of nitrogens with zero attached hydrogens (tertiary/aromatic N) is 2. The Morgan fingerprint density at radius 3 is 2.00 bits per heavy atom. The summed E-state index contributed by atoms with van der Waals surface area (Å²) in [5.74, 6) is 0.0591. The molecule has 0 fully saturated rings. The number of hydrogen-bond donors (Lipinski definition) is 1. The van der Waals surface area contributed by atoms with Crippen molar-refractivity contribution in [2.75, 3.05) is 39.3 Å². The Morgan fingerprint density at radius 1 is 0.818 bits per heavy atom. The van der Waals surface area contributed by atoms with Gasteiger partial charge in [0.2, 0.25) is 11.8 Å². The summed E-state index contributed by atoms with van der Waals surface area (Å²) in [5.41, 5.74) is 0.817. The zero-order valence-corrected chi connectivity index (χ0v) is 28.2. The molecule has 0 aliphatic carbocycles. The molecule has 0 heterocycles. The number of rotatable bonds is 14. The highest BCUT2D eigenvalue weighted by Crippen LogP contribution is 2.37. The molecular weight excluding hydrogens is 654 g/mol. The van der Waals surface area contributed by atoms with Crippen molar-refractivity contribution in [3.8, 4) is 23.0 Å². The van der Waals surface area contributed by atoms with Gasteiger partial charge in [0, 0.05) is 29.2 Å². The van der Waals surface area contributed by atoms with Gasteiger partial charge >= 0.3 is 0 Å². The summed E-state index contributed by atoms with van der Waals surface area (Å²) in [4.78, 5) is 28.5. The number of hydrogen-bond acceptors (Lipinski definition) is 8. The summed E-state index contributed by atoms with van der Waals surface area (Å²) in [6.45, 7) is 4.64. The first kappa shape index (κ1) is 34.5. The second-order valence-electron chi connectivity index (χ2n) is 10.1. The topological polar surface area (TPSA) is 124 Å². The van der Waals surface area contributed by atoms with Crippen LogP contribution in [0.2, 0.25) is 0 Å². The molecule has 3 rings (SSSR count). The van der Waals surface area contributed by atoms with Crippen LogP contribution in [0.3, 0.4) is 0 Å². The van der Waals surface area contributed by atoms with Crippen molar-refractivity contribution < 1.29 is 37.0 Å². The lowest BCUT2D eigenvalue weighted by Crippen LogP contribution is -2.52. The normalized spacial score (nSPS) is 11.8. The SMILES string of the molecule is COc1ccc(OC)c(N(CC(=O)N(Cc2ccc(Br)cc2)C(C)C(=O)NC(C)C)S(=O)(=O)c2ccc(OC)c(OC)c2)c1. The number of methoxy groups -OCH3 is 4. The first-order valence-electron chi connectivity index (χ1n) is 13.7. The van der Waals surface area contributed by atoms with Crippen molar-refractivity contribution in [2.24, 2.45) is 0 Å². The van der Waals surface area contributed by atoms with E-state index in [4.69, 9.17) is 18.9 Å². The maximum Gasteiger partial charge on any atom is 0.265 e. The zero-order chi connectivity index (χ0) is 32.6. The summed E-state index contributed by atoms with van der Waals surface area (Å²) in [5, 5.41) is 2.84. The van der Waals surface area contributed by atoms with Gasteiger partial charge in [-0.25, -0.2) is 8.42 Å². The molecule has 1 unspecified atom stereocenters. The average Bonchev–Trinajstić information content (AvgIpc) is 3.01. The van der Waals surface area contributed by atoms with Crippen LogP contribution >= 0.6 is 15.9 Å². The van der Waals surface area contributed by atoms with Crippen LogP contribution in [0, 0.1) is 0 Å². The second-order valence-corrected chi connectivity index (χ2v) is 12.8. The van der Waals surface area contributed by atoms with Crippen molar-refractivity contribution in [1.29, 1.82) is 0 Å². The number of amides is 2. The molecule has 238 valence electrons. The third-order valence-electron chi connectivity index (χ3n) is 6.74. The monoisotopic (exact) mass is 691 g/mol. The van der Waals surface area contributed by atoms with E-state index < -0.39 is 28.5 Å². The Labute approximate surface area is 267 Å². The van der Waals surface area contributed by atoms with Gasteiger partial charge in [-0.2, -0.15) is 0 Å². The van der Waals surface area contributed by atoms with Crippen LogP contribution in [0.25, 0.3) is 0 Å². The Morgan fingerprint density at radius 2 is 1.43 bits per heavy atom. The Hall–Kier alpha value is -3.97. The van der Waals surface area contributed by atoms with E-state index in [1.54, 1.807) is 19.1 Å². The summed E-state index contributed by atoms with van der Waals surface area (Å²) >= 11 is 3.41. The highest BCUT2D eigenvalue weighted by atomic mass is 79.9. The van der Waals surface area contributed by atoms with E-state index in [1.807, 2.05) is 38.1 Å². The lowest BCUT2D eigenvalue weighted by atomic mass is 10.1. The molecule has 1 N–H and O–H groups in total. The molecule has 0 saturated carbocycles. The summed E-state index contributed by atoms with van der Waals surface area (Å²) < 4.78 is 52.0. The zero-order valence-electron chi connectivity index (χ0n) is 25.8. The first-order chi connectivity index (χ1) is 20.9. The van der Waals surface area contributed by atoms with Crippen LogP contribution in [0.5, 0.6) is 23.0 Å². The molecule has 0 saturated heterocycles. The molecular formula is C31H38BrN3O8S. The molecule has 1 atom stereocenters. The van der Waals surface area contributed by atoms with Gasteiger partial charge in [-0.3, -0.25) is 13.9 Å². The van der Waals surface area contributed by atoms with Crippen LogP contribution in [-0.2, 0) is 26.2 Å². The Kier molecular flexibility index (Phi) is 11.9. The van der Waals surface area contributed by atoms with E-state index in [1.165, 1.54) is 57.6 Å². The molecule has 11 nitrogen and oxygen atoms in total. The third kappa shape index (κ3) is 8.14. The number of carbonyl (C=O) groups is 2. The summed E-state index contributed by atoms with van der Waals surface area (Å²) in [6.07, 6.45) is 0. The lowest BCUT2D eigenvalue weighted by Gasteiger charge is -2.32. The van der Waals surface area contributed by atoms with Crippen LogP contribution in [0.1, 0.15) is 26.3 Å². The molecule has 0 bridgehead atoms. The minimum atomic E-state index is -4.43. The van der Waals surface area contributed by atoms with Gasteiger partial charge in [0.15, 0.2) is 11.5 Å². The number of halogens is 1. The lowest BCUT2D eigenvalue weighted by molar-refractivity contribution is -0.139. The van der Waals surface area contributed by atoms with Gasteiger partial charge in [0.25, 0.3) is 10.0 Å². The van der Waals surface area contributed by atoms with Crippen LogP contribution < -0.4 is 28.6 Å². The predicted octanol–water partition coefficient (Wildman–Crippen LogP) is 4.62. The van der Waals surface area contributed by atoms with Gasteiger partial charge in [-0.1, -0.05) is 28.1 Å². The van der Waals surface area contributed by atoms with Gasteiger partial charge in [0.1, 0.15) is 24.1 Å². The van der Waals surface area contributed by atoms with Crippen molar-refractivity contribution in [2.45, 2.75) is 44.3 Å². The maximum atomic E-state index is 14.3. The fourth-order valence-corrected chi connectivity index (χ4v) is 6.08. The van der Waals surface area contributed by atoms with Crippen LogP contribution in [0.4, 0.5) is 5.69 Å². The second kappa shape index (κ2) is 15.2. The number of carbonyl (C=O) groups excluding carboxylic acids is 2. The highest BCUT2D eigenvalue weighted by Gasteiger charge is 2.34. The number of anilines is 1. The van der Waals surface area contributed by atoms with Gasteiger partial charge in [0.05, 0.1) is 39.0 Å². The van der Waals surface area contributed by atoms with Gasteiger partial charge < -0.3 is 29.2 Å². The largest absolute Gasteiger partial charge is 0.497 e. The molecule has 2 amide bonds. The summed E-state index contributed by atoms with van der Waals surface area (Å²) in [7, 11) is 1.24. The fourth-order valence-electron chi connectivity index (χ4n) is 4.38. The van der Waals surface area contributed by atoms with Crippen LogP contribution in [0.15, 0.2) is 70.0 Å². The van der Waals surface area contributed by atoms with Crippen LogP contribution in [-0.4, -0.2) is 72.2 Å². The van der Waals surface area contributed by atoms with Crippen molar-refractivity contribution >= 4 is 43.5 Å². The van der Waals surface area contributed by atoms with E-state index >= 15 is 0 Å². The molecule has 13 heteroatoms. The van der Waals surface area contributed by atoms with E-state index in [9.17, 15) is 18.0 Å². The molecule has 0 aliphatic heterocycles. The maximum absolute atomic E-state index is 14.3. The Balaban J connectivity index is 2.17. The van der Waals surface area contributed by atoms with E-state index in [0.717, 1.165) is 14.3 Å². The highest BCUT2D eigenvalue weighted by molar-refractivity contribution is 9.10. The predicted molar refractivity (Wildman–Crippen MR) is 171 cm³/mol. The molecule has 3 aromatic rings. The van der Waals surface area contributed by atoms with E-state index in [-0.39, 0.29) is 40.6 Å². The minimum absolute atomic E-state index is 0.0539. The molecule has 0 spiro atoms. The third-order valence-corrected chi connectivity index (χ3v) is 9.03. The quantitative estimate of drug-likeness (QED) is 0.260. The molecule has 0 aliphatic rings. The van der Waals surface area contributed by atoms with Gasteiger partial charge in [-0.15, -0.1) is 0 Å². The van der Waals surface area contributed by atoms with Crippen molar-refractivity contribution in [1.82, 2.24) is 10.2 Å². The number of ether oxygens (including phenoxy) is 4. The number of benzene rings is 3. The average molecular weight is 693 g/mol. The van der Waals surface area contributed by atoms with Crippen molar-refractivity contribution in [3.63, 3.8) is 0 Å². The van der Waals surface area contributed by atoms with Gasteiger partial charge in [-0.05, 0) is 62.7 Å². The fraction of sp³-hybridized carbons (Fsp3) is 0.355. The summed E-state index contributed by atoms with van der Waals surface area (Å²) in [6, 6.07) is 15.0. The smallest absolute Gasteiger partial charge is 0.265 e. The first-order valence-corrected chi connectivity index (χ1v) is 15.9. The van der Waals surface area contributed by atoms with E-state index in [2.05, 4.69) is 21.2 Å². The Bertz CT molecular complexity index is 1560. The van der Waals surface area contributed by atoms with E-state index in [0.29, 0.717) is 11.5 Å². The standard InChI is InChI=1S/C31H38BrN3O8S/c1-20(2)33-31(37)21(3)34(18-22-8-10-23(32)11-9-22)30(36)19-35(26-16-24(40-4)12-14-27(26)41-5)44(38,39)25-13-15-28(42-6)29(17-25)43-7/h8-17,20-21H,18-19H2,1-7H3,(H,33,37). The molecule has 44 heavy (non-hydrogen) atoms. The van der Waals surface area contributed by atoms with Crippen molar-refractivity contribution in [3.05, 3.63) is 70.7 Å².